The van der Waals surface area contributed by atoms with Crippen molar-refractivity contribution in [3.8, 4) is 0 Å². The van der Waals surface area contributed by atoms with Gasteiger partial charge in [-0.25, -0.2) is 0 Å². The van der Waals surface area contributed by atoms with Gasteiger partial charge in [-0.1, -0.05) is 139 Å². The van der Waals surface area contributed by atoms with Crippen LogP contribution in [0.3, 0.4) is 0 Å². The summed E-state index contributed by atoms with van der Waals surface area (Å²) in [5.41, 5.74) is 0. The number of allylic oxidation sites excluding steroid dienone is 10. The SMILES string of the molecule is CC/C=C/C/C=C/C/C=C/C/C=C/CCCCC(=O)OC[C@H](CO[C@H]1O[C@H](CS(=O)(=O)O)[C@@H](O)C(O)C1O)OC(=O)CCCCCCCCC/C=C/CCCCCCCC. The van der Waals surface area contributed by atoms with E-state index in [4.69, 9.17) is 18.9 Å². The van der Waals surface area contributed by atoms with Gasteiger partial charge >= 0.3 is 11.9 Å². The quantitative estimate of drug-likeness (QED) is 0.0201. The second kappa shape index (κ2) is 37.0. The lowest BCUT2D eigenvalue weighted by atomic mass is 10.00. The Balaban J connectivity index is 2.48. The average molecular weight is 869 g/mol. The topological polar surface area (TPSA) is 186 Å². The van der Waals surface area contributed by atoms with E-state index in [2.05, 4.69) is 74.6 Å². The van der Waals surface area contributed by atoms with Crippen LogP contribution in [0.1, 0.15) is 168 Å². The maximum atomic E-state index is 12.8. The lowest BCUT2D eigenvalue weighted by molar-refractivity contribution is -0.297. The minimum absolute atomic E-state index is 0.148. The molecule has 1 heterocycles. The highest BCUT2D eigenvalue weighted by Crippen LogP contribution is 2.24. The number of ether oxygens (including phenoxy) is 4. The molecule has 0 aromatic heterocycles. The zero-order valence-corrected chi connectivity index (χ0v) is 37.6. The van der Waals surface area contributed by atoms with Gasteiger partial charge in [-0.3, -0.25) is 14.1 Å². The Bertz CT molecular complexity index is 1340. The molecule has 0 spiro atoms. The first-order chi connectivity index (χ1) is 29.0. The predicted octanol–water partition coefficient (Wildman–Crippen LogP) is 9.34. The van der Waals surface area contributed by atoms with E-state index >= 15 is 0 Å². The Morgan fingerprint density at radius 3 is 1.62 bits per heavy atom. The number of carbonyl (C=O) groups is 2. The summed E-state index contributed by atoms with van der Waals surface area (Å²) in [5.74, 6) is -2.05. The van der Waals surface area contributed by atoms with Crippen molar-refractivity contribution in [2.24, 2.45) is 0 Å². The molecule has 1 aliphatic heterocycles. The van der Waals surface area contributed by atoms with E-state index in [0.717, 1.165) is 70.6 Å². The Labute approximate surface area is 362 Å². The Morgan fingerprint density at radius 1 is 0.583 bits per heavy atom. The molecule has 0 radical (unpaired) electrons. The first-order valence-corrected chi connectivity index (χ1v) is 24.5. The van der Waals surface area contributed by atoms with Crippen LogP contribution in [0.25, 0.3) is 0 Å². The molecule has 1 aliphatic rings. The third-order valence-electron chi connectivity index (χ3n) is 10.1. The van der Waals surface area contributed by atoms with Crippen LogP contribution in [-0.2, 0) is 38.7 Å². The number of esters is 2. The van der Waals surface area contributed by atoms with Crippen LogP contribution in [0.4, 0.5) is 0 Å². The molecular weight excluding hydrogens is 789 g/mol. The second-order valence-electron chi connectivity index (χ2n) is 15.7. The monoisotopic (exact) mass is 869 g/mol. The van der Waals surface area contributed by atoms with Gasteiger partial charge in [0.2, 0.25) is 0 Å². The summed E-state index contributed by atoms with van der Waals surface area (Å²) in [7, 11) is -4.61. The summed E-state index contributed by atoms with van der Waals surface area (Å²) < 4.78 is 54.0. The van der Waals surface area contributed by atoms with Crippen LogP contribution in [0, 0.1) is 0 Å². The number of aliphatic hydroxyl groups is 3. The predicted molar refractivity (Wildman–Crippen MR) is 238 cm³/mol. The molecule has 0 saturated carbocycles. The zero-order valence-electron chi connectivity index (χ0n) is 36.8. The van der Waals surface area contributed by atoms with Crippen LogP contribution in [-0.4, -0.2) is 96.0 Å². The molecule has 346 valence electrons. The van der Waals surface area contributed by atoms with Crippen LogP contribution < -0.4 is 0 Å². The molecule has 12 nitrogen and oxygen atoms in total. The normalized spacial score (nSPS) is 20.7. The first kappa shape index (κ1) is 55.4. The molecule has 6 atom stereocenters. The lowest BCUT2D eigenvalue weighted by Gasteiger charge is -2.40. The number of rotatable bonds is 37. The highest BCUT2D eigenvalue weighted by molar-refractivity contribution is 7.85. The minimum Gasteiger partial charge on any atom is -0.462 e. The van der Waals surface area contributed by atoms with Gasteiger partial charge in [-0.05, 0) is 77.0 Å². The van der Waals surface area contributed by atoms with E-state index in [0.29, 0.717) is 12.8 Å². The lowest BCUT2D eigenvalue weighted by Crippen LogP contribution is -2.60. The van der Waals surface area contributed by atoms with Gasteiger partial charge in [0, 0.05) is 12.8 Å². The van der Waals surface area contributed by atoms with Gasteiger partial charge < -0.3 is 34.3 Å². The summed E-state index contributed by atoms with van der Waals surface area (Å²) in [6, 6.07) is 0. The Hall–Kier alpha value is -2.65. The van der Waals surface area contributed by atoms with Gasteiger partial charge in [-0.15, -0.1) is 0 Å². The molecule has 1 saturated heterocycles. The highest BCUT2D eigenvalue weighted by Gasteiger charge is 2.46. The van der Waals surface area contributed by atoms with Gasteiger partial charge in [0.25, 0.3) is 10.1 Å². The summed E-state index contributed by atoms with van der Waals surface area (Å²) >= 11 is 0. The molecule has 1 rings (SSSR count). The van der Waals surface area contributed by atoms with Gasteiger partial charge in [0.15, 0.2) is 12.4 Å². The fraction of sp³-hybridized carbons (Fsp3) is 0.745. The van der Waals surface area contributed by atoms with E-state index in [1.54, 1.807) is 0 Å². The third kappa shape index (κ3) is 31.2. The molecule has 4 N–H and O–H groups in total. The van der Waals surface area contributed by atoms with Crippen molar-refractivity contribution in [3.63, 3.8) is 0 Å². The molecule has 0 aromatic rings. The van der Waals surface area contributed by atoms with Crippen molar-refractivity contribution >= 4 is 22.1 Å². The Kier molecular flexibility index (Phi) is 34.1. The summed E-state index contributed by atoms with van der Waals surface area (Å²) in [4.78, 5) is 25.4. The van der Waals surface area contributed by atoms with Gasteiger partial charge in [0.05, 0.1) is 6.61 Å². The molecule has 0 amide bonds. The highest BCUT2D eigenvalue weighted by atomic mass is 32.2. The van der Waals surface area contributed by atoms with Gasteiger partial charge in [0.1, 0.15) is 36.8 Å². The van der Waals surface area contributed by atoms with E-state index < -0.39 is 71.2 Å². The molecule has 0 bridgehead atoms. The average Bonchev–Trinajstić information content (AvgIpc) is 3.21. The van der Waals surface area contributed by atoms with Crippen molar-refractivity contribution in [3.05, 3.63) is 60.8 Å². The van der Waals surface area contributed by atoms with Crippen LogP contribution in [0.5, 0.6) is 0 Å². The number of aliphatic hydroxyl groups excluding tert-OH is 3. The first-order valence-electron chi connectivity index (χ1n) is 22.8. The second-order valence-corrected chi connectivity index (χ2v) is 17.2. The Morgan fingerprint density at radius 2 is 1.05 bits per heavy atom. The summed E-state index contributed by atoms with van der Waals surface area (Å²) in [6.45, 7) is 3.60. The molecule has 0 aromatic carbocycles. The number of hydrogen-bond donors (Lipinski definition) is 4. The summed E-state index contributed by atoms with van der Waals surface area (Å²) in [6.07, 6.45) is 35.5. The van der Waals surface area contributed by atoms with Crippen molar-refractivity contribution < 1.29 is 56.8 Å². The number of carbonyl (C=O) groups excluding carboxylic acids is 2. The molecule has 0 aliphatic carbocycles. The van der Waals surface area contributed by atoms with Crippen molar-refractivity contribution in [2.75, 3.05) is 19.0 Å². The van der Waals surface area contributed by atoms with Crippen LogP contribution >= 0.6 is 0 Å². The van der Waals surface area contributed by atoms with Crippen LogP contribution in [0.15, 0.2) is 60.8 Å². The molecule has 13 heteroatoms. The fourth-order valence-corrected chi connectivity index (χ4v) is 7.23. The zero-order chi connectivity index (χ0) is 44.1. The molecule has 1 fully saturated rings. The van der Waals surface area contributed by atoms with E-state index in [-0.39, 0.29) is 19.4 Å². The largest absolute Gasteiger partial charge is 0.462 e. The van der Waals surface area contributed by atoms with Crippen LogP contribution in [0.2, 0.25) is 0 Å². The minimum atomic E-state index is -4.61. The number of hydrogen-bond acceptors (Lipinski definition) is 11. The molecule has 60 heavy (non-hydrogen) atoms. The maximum absolute atomic E-state index is 12.8. The van der Waals surface area contributed by atoms with Crippen molar-refractivity contribution in [2.45, 2.75) is 205 Å². The van der Waals surface area contributed by atoms with E-state index in [9.17, 15) is 37.9 Å². The fourth-order valence-electron chi connectivity index (χ4n) is 6.54. The van der Waals surface area contributed by atoms with E-state index in [1.165, 1.54) is 57.8 Å². The third-order valence-corrected chi connectivity index (χ3v) is 10.8. The van der Waals surface area contributed by atoms with Crippen molar-refractivity contribution in [1.29, 1.82) is 0 Å². The molecule has 2 unspecified atom stereocenters. The molecular formula is C47H80O12S. The standard InChI is InChI=1S/C47H80O12S/c1-3-5-7-9-11-13-15-17-19-20-22-24-26-28-30-32-34-36-43(49)58-40(38-57-47-46(52)45(51)44(50)41(59-47)39-60(53,54)55)37-56-42(48)35-33-31-29-27-25-23-21-18-16-14-12-10-8-6-4-2/h6,8,12,14,17-19,21,25,27,40-41,44-47,50-52H,3-5,7,9-11,13,15-16,20,22-24,26,28-39H2,1-2H3,(H,53,54,55)/b8-6+,14-12+,19-17+,21-18+,27-25+/t40-,41-,44-,45?,46?,47+/m1/s1. The number of unbranched alkanes of at least 4 members (excludes halogenated alkanes) is 15. The van der Waals surface area contributed by atoms with E-state index in [1.807, 2.05) is 0 Å². The van der Waals surface area contributed by atoms with Crippen molar-refractivity contribution in [1.82, 2.24) is 0 Å². The van der Waals surface area contributed by atoms with Gasteiger partial charge in [-0.2, -0.15) is 8.42 Å². The summed E-state index contributed by atoms with van der Waals surface area (Å²) in [5, 5.41) is 30.9. The maximum Gasteiger partial charge on any atom is 0.306 e. The smallest absolute Gasteiger partial charge is 0.306 e.